The third-order valence-corrected chi connectivity index (χ3v) is 3.65. The molecule has 1 aromatic rings. The molecule has 1 fully saturated rings. The van der Waals surface area contributed by atoms with Crippen LogP contribution in [0.25, 0.3) is 0 Å². The number of hydrogen-bond acceptors (Lipinski definition) is 7. The fourth-order valence-electron chi connectivity index (χ4n) is 2.48. The fourth-order valence-corrected chi connectivity index (χ4v) is 2.48. The second-order valence-corrected chi connectivity index (χ2v) is 6.95. The largest absolute Gasteiger partial charge is 0.476 e. The molecule has 0 atom stereocenters. The van der Waals surface area contributed by atoms with Gasteiger partial charge in [-0.25, -0.2) is 24.6 Å². The van der Waals surface area contributed by atoms with Crippen LogP contribution >= 0.6 is 0 Å². The van der Waals surface area contributed by atoms with Gasteiger partial charge in [-0.1, -0.05) is 0 Å². The lowest BCUT2D eigenvalue weighted by atomic mass is 10.2. The van der Waals surface area contributed by atoms with Crippen LogP contribution < -0.4 is 4.74 Å². The molecule has 0 aliphatic carbocycles. The molecule has 148 valence electrons. The Bertz CT molecular complexity index is 701. The minimum atomic E-state index is -0.655. The van der Waals surface area contributed by atoms with Crippen LogP contribution in [0, 0.1) is 0 Å². The Morgan fingerprint density at radius 3 is 2.70 bits per heavy atom. The summed E-state index contributed by atoms with van der Waals surface area (Å²) in [6.07, 6.45) is 1.80. The van der Waals surface area contributed by atoms with E-state index >= 15 is 0 Å². The summed E-state index contributed by atoms with van der Waals surface area (Å²) < 4.78 is 15.5. The number of hydrazine groups is 1. The van der Waals surface area contributed by atoms with Crippen LogP contribution in [0.15, 0.2) is 18.3 Å². The monoisotopic (exact) mass is 379 g/mol. The van der Waals surface area contributed by atoms with Crippen molar-refractivity contribution >= 4 is 18.0 Å². The van der Waals surface area contributed by atoms with Crippen LogP contribution in [-0.4, -0.2) is 65.4 Å². The summed E-state index contributed by atoms with van der Waals surface area (Å²) in [5, 5.41) is 2.64. The predicted molar refractivity (Wildman–Crippen MR) is 95.0 cm³/mol. The third kappa shape index (κ3) is 5.83. The number of carbonyl (C=O) groups is 3. The zero-order valence-corrected chi connectivity index (χ0v) is 16.1. The van der Waals surface area contributed by atoms with E-state index in [9.17, 15) is 14.4 Å². The number of aromatic nitrogens is 1. The molecule has 1 aliphatic heterocycles. The second kappa shape index (κ2) is 8.70. The van der Waals surface area contributed by atoms with E-state index in [0.717, 1.165) is 0 Å². The number of carbonyl (C=O) groups excluding carboxylic acids is 3. The van der Waals surface area contributed by atoms with Crippen molar-refractivity contribution < 1.29 is 28.6 Å². The average Bonchev–Trinajstić information content (AvgIpc) is 2.61. The molecule has 9 nitrogen and oxygen atoms in total. The van der Waals surface area contributed by atoms with Crippen molar-refractivity contribution in [3.63, 3.8) is 0 Å². The highest BCUT2D eigenvalue weighted by Crippen LogP contribution is 2.17. The topological polar surface area (TPSA) is 98.3 Å². The summed E-state index contributed by atoms with van der Waals surface area (Å²) in [6, 6.07) is 2.96. The van der Waals surface area contributed by atoms with Crippen molar-refractivity contribution in [1.82, 2.24) is 15.0 Å². The van der Waals surface area contributed by atoms with Crippen molar-refractivity contribution in [3.05, 3.63) is 23.9 Å². The Balaban J connectivity index is 1.98. The van der Waals surface area contributed by atoms with Gasteiger partial charge in [0.15, 0.2) is 0 Å². The standard InChI is InChI=1S/C18H25N3O6/c1-18(2,3)27-17(24)21-9-5-6-15(22)20(21)10-11-26-14-12-13(7-8-19-14)16(23)25-4/h7-8,12H,5-6,9-11H2,1-4H3. The van der Waals surface area contributed by atoms with Gasteiger partial charge in [0.1, 0.15) is 12.2 Å². The SMILES string of the molecule is COC(=O)c1ccnc(OCCN2C(=O)CCCN2C(=O)OC(C)(C)C)c1. The first-order chi connectivity index (χ1) is 12.7. The van der Waals surface area contributed by atoms with Gasteiger partial charge >= 0.3 is 12.1 Å². The fraction of sp³-hybridized carbons (Fsp3) is 0.556. The van der Waals surface area contributed by atoms with Crippen LogP contribution in [0.5, 0.6) is 5.88 Å². The molecule has 0 radical (unpaired) electrons. The van der Waals surface area contributed by atoms with E-state index in [1.807, 2.05) is 0 Å². The number of amides is 2. The Labute approximate surface area is 158 Å². The quantitative estimate of drug-likeness (QED) is 0.722. The molecule has 2 amide bonds. The van der Waals surface area contributed by atoms with Crippen LogP contribution in [0.2, 0.25) is 0 Å². The first kappa shape index (κ1) is 20.5. The van der Waals surface area contributed by atoms with Gasteiger partial charge in [-0.15, -0.1) is 0 Å². The number of nitrogens with zero attached hydrogens (tertiary/aromatic N) is 3. The van der Waals surface area contributed by atoms with Crippen LogP contribution in [-0.2, 0) is 14.3 Å². The molecule has 2 rings (SSSR count). The molecule has 0 aromatic carbocycles. The number of ether oxygens (including phenoxy) is 3. The Hall–Kier alpha value is -2.84. The minimum absolute atomic E-state index is 0.0999. The molecule has 2 heterocycles. The molecule has 1 aromatic heterocycles. The maximum Gasteiger partial charge on any atom is 0.429 e. The minimum Gasteiger partial charge on any atom is -0.476 e. The molecule has 0 spiro atoms. The third-order valence-electron chi connectivity index (χ3n) is 3.65. The van der Waals surface area contributed by atoms with Crippen molar-refractivity contribution in [2.24, 2.45) is 0 Å². The lowest BCUT2D eigenvalue weighted by molar-refractivity contribution is -0.154. The summed E-state index contributed by atoms with van der Waals surface area (Å²) in [5.41, 5.74) is -0.343. The first-order valence-corrected chi connectivity index (χ1v) is 8.69. The molecule has 0 unspecified atom stereocenters. The van der Waals surface area contributed by atoms with E-state index < -0.39 is 17.7 Å². The summed E-state index contributed by atoms with van der Waals surface area (Å²) in [5.74, 6) is -0.442. The summed E-state index contributed by atoms with van der Waals surface area (Å²) >= 11 is 0. The number of methoxy groups -OCH3 is 1. The lowest BCUT2D eigenvalue weighted by Crippen LogP contribution is -2.55. The molecular weight excluding hydrogens is 354 g/mol. The molecule has 1 aliphatic rings. The Morgan fingerprint density at radius 1 is 1.30 bits per heavy atom. The zero-order valence-electron chi connectivity index (χ0n) is 16.1. The predicted octanol–water partition coefficient (Wildman–Crippen LogP) is 2.02. The first-order valence-electron chi connectivity index (χ1n) is 8.69. The molecular formula is C18H25N3O6. The van der Waals surface area contributed by atoms with E-state index in [4.69, 9.17) is 9.47 Å². The normalized spacial score (nSPS) is 14.7. The highest BCUT2D eigenvalue weighted by molar-refractivity contribution is 5.89. The summed E-state index contributed by atoms with van der Waals surface area (Å²) in [7, 11) is 1.29. The average molecular weight is 379 g/mol. The van der Waals surface area contributed by atoms with Gasteiger partial charge in [0.05, 0.1) is 19.2 Å². The molecule has 0 saturated carbocycles. The number of esters is 1. The number of pyridine rings is 1. The van der Waals surface area contributed by atoms with Crippen LogP contribution in [0.3, 0.4) is 0 Å². The molecule has 1 saturated heterocycles. The van der Waals surface area contributed by atoms with Gasteiger partial charge in [-0.3, -0.25) is 4.79 Å². The highest BCUT2D eigenvalue weighted by Gasteiger charge is 2.32. The van der Waals surface area contributed by atoms with Gasteiger partial charge in [0.2, 0.25) is 11.8 Å². The van der Waals surface area contributed by atoms with Gasteiger partial charge in [0.25, 0.3) is 0 Å². The van der Waals surface area contributed by atoms with Gasteiger partial charge < -0.3 is 14.2 Å². The van der Waals surface area contributed by atoms with E-state index in [1.54, 1.807) is 20.8 Å². The van der Waals surface area contributed by atoms with Crippen molar-refractivity contribution in [2.45, 2.75) is 39.2 Å². The Morgan fingerprint density at radius 2 is 2.04 bits per heavy atom. The van der Waals surface area contributed by atoms with Gasteiger partial charge in [-0.05, 0) is 33.3 Å². The highest BCUT2D eigenvalue weighted by atomic mass is 16.6. The van der Waals surface area contributed by atoms with Gasteiger partial charge in [-0.2, -0.15) is 0 Å². The van der Waals surface area contributed by atoms with E-state index in [0.29, 0.717) is 24.9 Å². The number of hydrogen-bond donors (Lipinski definition) is 0. The molecule has 0 N–H and O–H groups in total. The van der Waals surface area contributed by atoms with E-state index in [1.165, 1.54) is 35.5 Å². The molecule has 9 heteroatoms. The number of rotatable bonds is 5. The Kier molecular flexibility index (Phi) is 6.59. The second-order valence-electron chi connectivity index (χ2n) is 6.95. The van der Waals surface area contributed by atoms with Crippen LogP contribution in [0.4, 0.5) is 4.79 Å². The van der Waals surface area contributed by atoms with E-state index in [2.05, 4.69) is 9.72 Å². The maximum absolute atomic E-state index is 12.4. The van der Waals surface area contributed by atoms with Crippen LogP contribution in [0.1, 0.15) is 44.0 Å². The summed E-state index contributed by atoms with van der Waals surface area (Å²) in [4.78, 5) is 40.2. The van der Waals surface area contributed by atoms with E-state index in [-0.39, 0.29) is 24.9 Å². The van der Waals surface area contributed by atoms with Crippen molar-refractivity contribution in [2.75, 3.05) is 26.8 Å². The zero-order chi connectivity index (χ0) is 20.0. The maximum atomic E-state index is 12.4. The van der Waals surface area contributed by atoms with Gasteiger partial charge in [0, 0.05) is 25.2 Å². The van der Waals surface area contributed by atoms with Crippen molar-refractivity contribution in [3.8, 4) is 5.88 Å². The molecule has 0 bridgehead atoms. The molecule has 27 heavy (non-hydrogen) atoms. The lowest BCUT2D eigenvalue weighted by Gasteiger charge is -2.38. The van der Waals surface area contributed by atoms with Crippen molar-refractivity contribution in [1.29, 1.82) is 0 Å². The summed E-state index contributed by atoms with van der Waals surface area (Å²) in [6.45, 7) is 5.96. The smallest absolute Gasteiger partial charge is 0.429 e.